The first-order chi connectivity index (χ1) is 7.91. The number of halogens is 3. The lowest BCUT2D eigenvalue weighted by Gasteiger charge is -2.10. The Kier molecular flexibility index (Phi) is 2.61. The van der Waals surface area contributed by atoms with Crippen molar-refractivity contribution >= 4 is 10.8 Å². The standard InChI is InChI=1S/C12H9F3O2/c1-17-9-2-3-10-7(5-9)4-8(6-11(10)16)12(13,14)15/h2-6,16H,1H3. The maximum atomic E-state index is 12.5. The number of phenolic OH excluding ortho intramolecular Hbond substituents is 1. The fourth-order valence-electron chi connectivity index (χ4n) is 1.62. The van der Waals surface area contributed by atoms with Crippen molar-refractivity contribution < 1.29 is 23.0 Å². The van der Waals surface area contributed by atoms with Crippen molar-refractivity contribution in [2.24, 2.45) is 0 Å². The lowest BCUT2D eigenvalue weighted by Crippen LogP contribution is -2.04. The van der Waals surface area contributed by atoms with Crippen LogP contribution >= 0.6 is 0 Å². The Morgan fingerprint density at radius 2 is 1.82 bits per heavy atom. The van der Waals surface area contributed by atoms with Crippen molar-refractivity contribution in [2.75, 3.05) is 7.11 Å². The minimum atomic E-state index is -4.48. The largest absolute Gasteiger partial charge is 0.507 e. The quantitative estimate of drug-likeness (QED) is 0.828. The molecule has 0 bridgehead atoms. The molecule has 0 atom stereocenters. The monoisotopic (exact) mass is 242 g/mol. The first-order valence-corrected chi connectivity index (χ1v) is 4.80. The zero-order valence-corrected chi connectivity index (χ0v) is 8.88. The van der Waals surface area contributed by atoms with Crippen molar-refractivity contribution in [3.8, 4) is 11.5 Å². The molecule has 1 N–H and O–H groups in total. The Morgan fingerprint density at radius 1 is 1.12 bits per heavy atom. The summed E-state index contributed by atoms with van der Waals surface area (Å²) in [5, 5.41) is 10.2. The highest BCUT2D eigenvalue weighted by Gasteiger charge is 2.31. The summed E-state index contributed by atoms with van der Waals surface area (Å²) in [7, 11) is 1.43. The van der Waals surface area contributed by atoms with E-state index in [1.165, 1.54) is 19.2 Å². The molecule has 0 saturated heterocycles. The molecule has 17 heavy (non-hydrogen) atoms. The Labute approximate surface area is 95.2 Å². The van der Waals surface area contributed by atoms with Crippen LogP contribution in [0.25, 0.3) is 10.8 Å². The van der Waals surface area contributed by atoms with Gasteiger partial charge in [-0.3, -0.25) is 0 Å². The fourth-order valence-corrected chi connectivity index (χ4v) is 1.62. The molecule has 2 nitrogen and oxygen atoms in total. The summed E-state index contributed by atoms with van der Waals surface area (Å²) in [6.07, 6.45) is -4.48. The molecule has 90 valence electrons. The molecule has 0 unspecified atom stereocenters. The molecule has 0 aliphatic heterocycles. The van der Waals surface area contributed by atoms with Gasteiger partial charge in [0.2, 0.25) is 0 Å². The number of benzene rings is 2. The van der Waals surface area contributed by atoms with E-state index < -0.39 is 17.5 Å². The van der Waals surface area contributed by atoms with Crippen LogP contribution in [0.3, 0.4) is 0 Å². The fraction of sp³-hybridized carbons (Fsp3) is 0.167. The molecule has 0 heterocycles. The molecule has 5 heteroatoms. The predicted molar refractivity (Wildman–Crippen MR) is 57.2 cm³/mol. The summed E-state index contributed by atoms with van der Waals surface area (Å²) < 4.78 is 42.5. The second kappa shape index (κ2) is 3.84. The Hall–Kier alpha value is -1.91. The molecule has 0 fully saturated rings. The highest BCUT2D eigenvalue weighted by molar-refractivity contribution is 5.90. The lowest BCUT2D eigenvalue weighted by atomic mass is 10.1. The van der Waals surface area contributed by atoms with Gasteiger partial charge < -0.3 is 9.84 Å². The third-order valence-electron chi connectivity index (χ3n) is 2.47. The minimum absolute atomic E-state index is 0.289. The van der Waals surface area contributed by atoms with Gasteiger partial charge in [-0.05, 0) is 35.7 Å². The molecule has 0 radical (unpaired) electrons. The molecule has 0 aromatic heterocycles. The van der Waals surface area contributed by atoms with E-state index in [1.54, 1.807) is 6.07 Å². The van der Waals surface area contributed by atoms with Gasteiger partial charge in [0.25, 0.3) is 0 Å². The number of alkyl halides is 3. The van der Waals surface area contributed by atoms with Gasteiger partial charge in [0.15, 0.2) is 0 Å². The van der Waals surface area contributed by atoms with Crippen LogP contribution in [0.2, 0.25) is 0 Å². The van der Waals surface area contributed by atoms with Crippen LogP contribution < -0.4 is 4.74 Å². The van der Waals surface area contributed by atoms with Gasteiger partial charge in [0.05, 0.1) is 12.7 Å². The third-order valence-corrected chi connectivity index (χ3v) is 2.47. The second-order valence-electron chi connectivity index (χ2n) is 3.58. The predicted octanol–water partition coefficient (Wildman–Crippen LogP) is 3.57. The SMILES string of the molecule is COc1ccc2c(O)cc(C(F)(F)F)cc2c1. The van der Waals surface area contributed by atoms with Crippen LogP contribution in [0.1, 0.15) is 5.56 Å². The average molecular weight is 242 g/mol. The van der Waals surface area contributed by atoms with Gasteiger partial charge in [0, 0.05) is 5.39 Å². The Balaban J connectivity index is 2.70. The summed E-state index contributed by atoms with van der Waals surface area (Å²) in [5.41, 5.74) is -0.879. The molecule has 0 saturated carbocycles. The minimum Gasteiger partial charge on any atom is -0.507 e. The molecule has 0 spiro atoms. The number of hydrogen-bond donors (Lipinski definition) is 1. The molecular weight excluding hydrogens is 233 g/mol. The van der Waals surface area contributed by atoms with E-state index in [0.29, 0.717) is 11.1 Å². The van der Waals surface area contributed by atoms with Crippen LogP contribution in [0, 0.1) is 0 Å². The van der Waals surface area contributed by atoms with Crippen molar-refractivity contribution in [3.63, 3.8) is 0 Å². The molecule has 2 rings (SSSR count). The molecule has 0 aliphatic rings. The van der Waals surface area contributed by atoms with Gasteiger partial charge >= 0.3 is 6.18 Å². The van der Waals surface area contributed by atoms with Crippen LogP contribution in [-0.4, -0.2) is 12.2 Å². The van der Waals surface area contributed by atoms with Crippen LogP contribution in [-0.2, 0) is 6.18 Å². The van der Waals surface area contributed by atoms with Gasteiger partial charge in [-0.25, -0.2) is 0 Å². The Morgan fingerprint density at radius 3 is 2.41 bits per heavy atom. The number of rotatable bonds is 1. The molecule has 2 aromatic carbocycles. The summed E-state index contributed by atoms with van der Waals surface area (Å²) in [6.45, 7) is 0. The van der Waals surface area contributed by atoms with Gasteiger partial charge in [-0.15, -0.1) is 0 Å². The first-order valence-electron chi connectivity index (χ1n) is 4.80. The van der Waals surface area contributed by atoms with Gasteiger partial charge in [-0.2, -0.15) is 13.2 Å². The van der Waals surface area contributed by atoms with E-state index in [0.717, 1.165) is 12.1 Å². The van der Waals surface area contributed by atoms with E-state index in [2.05, 4.69) is 0 Å². The van der Waals surface area contributed by atoms with E-state index in [1.807, 2.05) is 0 Å². The zero-order chi connectivity index (χ0) is 12.6. The summed E-state index contributed by atoms with van der Waals surface area (Å²) in [4.78, 5) is 0. The maximum absolute atomic E-state index is 12.5. The van der Waals surface area contributed by atoms with Crippen molar-refractivity contribution in [1.29, 1.82) is 0 Å². The van der Waals surface area contributed by atoms with Gasteiger partial charge in [-0.1, -0.05) is 0 Å². The normalized spacial score (nSPS) is 11.8. The zero-order valence-electron chi connectivity index (χ0n) is 8.88. The highest BCUT2D eigenvalue weighted by Crippen LogP contribution is 2.36. The van der Waals surface area contributed by atoms with E-state index in [9.17, 15) is 18.3 Å². The molecule has 2 aromatic rings. The average Bonchev–Trinajstić information content (AvgIpc) is 2.27. The summed E-state index contributed by atoms with van der Waals surface area (Å²) in [5.74, 6) is 0.0497. The van der Waals surface area contributed by atoms with Gasteiger partial charge in [0.1, 0.15) is 11.5 Å². The van der Waals surface area contributed by atoms with E-state index >= 15 is 0 Å². The lowest BCUT2D eigenvalue weighted by molar-refractivity contribution is -0.137. The summed E-state index contributed by atoms with van der Waals surface area (Å²) >= 11 is 0. The number of hydrogen-bond acceptors (Lipinski definition) is 2. The highest BCUT2D eigenvalue weighted by atomic mass is 19.4. The van der Waals surface area contributed by atoms with E-state index in [-0.39, 0.29) is 5.39 Å². The second-order valence-corrected chi connectivity index (χ2v) is 3.58. The summed E-state index contributed by atoms with van der Waals surface area (Å²) in [6, 6.07) is 6.25. The van der Waals surface area contributed by atoms with Crippen molar-refractivity contribution in [2.45, 2.75) is 6.18 Å². The number of fused-ring (bicyclic) bond motifs is 1. The molecule has 0 amide bonds. The van der Waals surface area contributed by atoms with Crippen molar-refractivity contribution in [1.82, 2.24) is 0 Å². The molecule has 0 aliphatic carbocycles. The van der Waals surface area contributed by atoms with E-state index in [4.69, 9.17) is 4.74 Å². The van der Waals surface area contributed by atoms with Crippen LogP contribution in [0.4, 0.5) is 13.2 Å². The smallest absolute Gasteiger partial charge is 0.416 e. The van der Waals surface area contributed by atoms with Crippen LogP contribution in [0.5, 0.6) is 11.5 Å². The number of phenols is 1. The third kappa shape index (κ3) is 2.13. The maximum Gasteiger partial charge on any atom is 0.416 e. The number of ether oxygens (including phenoxy) is 1. The van der Waals surface area contributed by atoms with Crippen molar-refractivity contribution in [3.05, 3.63) is 35.9 Å². The first kappa shape index (κ1) is 11.6. The number of methoxy groups -OCH3 is 1. The molecular formula is C12H9F3O2. The topological polar surface area (TPSA) is 29.5 Å². The van der Waals surface area contributed by atoms with Crippen LogP contribution in [0.15, 0.2) is 30.3 Å². The number of aromatic hydroxyl groups is 1. The Bertz CT molecular complexity index is 561.